The summed E-state index contributed by atoms with van der Waals surface area (Å²) in [6, 6.07) is 26.0. The second-order valence-corrected chi connectivity index (χ2v) is 7.46. The van der Waals surface area contributed by atoms with E-state index in [9.17, 15) is 4.79 Å². The van der Waals surface area contributed by atoms with E-state index >= 15 is 0 Å². The van der Waals surface area contributed by atoms with Gasteiger partial charge in [0.1, 0.15) is 0 Å². The lowest BCUT2D eigenvalue weighted by molar-refractivity contribution is 0.0526. The Morgan fingerprint density at radius 2 is 1.44 bits per heavy atom. The van der Waals surface area contributed by atoms with Crippen molar-refractivity contribution < 1.29 is 19.0 Å². The van der Waals surface area contributed by atoms with Crippen molar-refractivity contribution in [3.8, 4) is 22.6 Å². The molecule has 4 aromatic carbocycles. The zero-order valence-electron chi connectivity index (χ0n) is 18.6. The highest BCUT2D eigenvalue weighted by molar-refractivity contribution is 6.10. The third-order valence-corrected chi connectivity index (χ3v) is 5.51. The van der Waals surface area contributed by atoms with Crippen molar-refractivity contribution in [2.75, 3.05) is 20.8 Å². The molecule has 32 heavy (non-hydrogen) atoms. The van der Waals surface area contributed by atoms with E-state index in [4.69, 9.17) is 14.2 Å². The highest BCUT2D eigenvalue weighted by Gasteiger charge is 2.23. The molecule has 4 nitrogen and oxygen atoms in total. The first-order valence-corrected chi connectivity index (χ1v) is 10.6. The van der Waals surface area contributed by atoms with Crippen LogP contribution in [0.5, 0.6) is 11.5 Å². The molecule has 4 aromatic rings. The van der Waals surface area contributed by atoms with Crippen LogP contribution in [0.25, 0.3) is 21.9 Å². The van der Waals surface area contributed by atoms with Crippen molar-refractivity contribution in [2.45, 2.75) is 13.3 Å². The summed E-state index contributed by atoms with van der Waals surface area (Å²) in [5.74, 6) is 0.935. The van der Waals surface area contributed by atoms with Crippen molar-refractivity contribution >= 4 is 16.7 Å². The summed E-state index contributed by atoms with van der Waals surface area (Å²) in [4.78, 5) is 13.3. The van der Waals surface area contributed by atoms with Crippen LogP contribution >= 0.6 is 0 Å². The van der Waals surface area contributed by atoms with Gasteiger partial charge in [-0.3, -0.25) is 0 Å². The molecular formula is C28H26O4. The predicted octanol–water partition coefficient (Wildman–Crippen LogP) is 6.29. The van der Waals surface area contributed by atoms with Crippen molar-refractivity contribution in [2.24, 2.45) is 0 Å². The molecule has 0 amide bonds. The van der Waals surface area contributed by atoms with Crippen LogP contribution in [0.3, 0.4) is 0 Å². The summed E-state index contributed by atoms with van der Waals surface area (Å²) < 4.78 is 16.6. The maximum Gasteiger partial charge on any atom is 0.339 e. The van der Waals surface area contributed by atoms with Gasteiger partial charge in [-0.05, 0) is 59.0 Å². The first-order valence-electron chi connectivity index (χ1n) is 10.6. The molecule has 0 aromatic heterocycles. The van der Waals surface area contributed by atoms with Gasteiger partial charge in [0.2, 0.25) is 0 Å². The zero-order valence-corrected chi connectivity index (χ0v) is 18.6. The van der Waals surface area contributed by atoms with Gasteiger partial charge in [-0.25, -0.2) is 4.79 Å². The lowest BCUT2D eigenvalue weighted by Gasteiger charge is -2.19. The normalized spacial score (nSPS) is 10.7. The van der Waals surface area contributed by atoms with Crippen LogP contribution in [0.2, 0.25) is 0 Å². The Hall–Kier alpha value is -3.79. The Balaban J connectivity index is 2.08. The average Bonchev–Trinajstić information content (AvgIpc) is 2.83. The Labute approximate surface area is 188 Å². The minimum Gasteiger partial charge on any atom is -0.493 e. The van der Waals surface area contributed by atoms with Crippen molar-refractivity contribution in [3.63, 3.8) is 0 Å². The van der Waals surface area contributed by atoms with Crippen LogP contribution in [0.4, 0.5) is 0 Å². The summed E-state index contributed by atoms with van der Waals surface area (Å²) in [5.41, 5.74) is 4.41. The van der Waals surface area contributed by atoms with Gasteiger partial charge in [-0.1, -0.05) is 60.7 Å². The maximum absolute atomic E-state index is 13.3. The smallest absolute Gasteiger partial charge is 0.339 e. The summed E-state index contributed by atoms with van der Waals surface area (Å²) in [6.07, 6.45) is 0.610. The molecule has 0 aliphatic rings. The Kier molecular flexibility index (Phi) is 6.41. The predicted molar refractivity (Wildman–Crippen MR) is 128 cm³/mol. The third-order valence-electron chi connectivity index (χ3n) is 5.51. The highest BCUT2D eigenvalue weighted by atomic mass is 16.5. The van der Waals surface area contributed by atoms with E-state index in [1.807, 2.05) is 67.6 Å². The number of benzene rings is 4. The van der Waals surface area contributed by atoms with E-state index < -0.39 is 0 Å². The van der Waals surface area contributed by atoms with Crippen molar-refractivity contribution in [3.05, 3.63) is 95.6 Å². The average molecular weight is 427 g/mol. The van der Waals surface area contributed by atoms with Gasteiger partial charge in [0.15, 0.2) is 11.5 Å². The van der Waals surface area contributed by atoms with Crippen molar-refractivity contribution in [1.29, 1.82) is 0 Å². The summed E-state index contributed by atoms with van der Waals surface area (Å²) in [6.45, 7) is 2.13. The van der Waals surface area contributed by atoms with E-state index in [0.29, 0.717) is 30.1 Å². The molecule has 0 spiro atoms. The summed E-state index contributed by atoms with van der Waals surface area (Å²) in [5, 5.41) is 1.88. The van der Waals surface area contributed by atoms with E-state index in [0.717, 1.165) is 33.0 Å². The molecule has 0 radical (unpaired) electrons. The number of hydrogen-bond acceptors (Lipinski definition) is 4. The van der Waals surface area contributed by atoms with Crippen LogP contribution in [0.1, 0.15) is 28.4 Å². The van der Waals surface area contributed by atoms with Gasteiger partial charge in [-0.2, -0.15) is 0 Å². The first-order chi connectivity index (χ1) is 15.7. The quantitative estimate of drug-likeness (QED) is 0.326. The second kappa shape index (κ2) is 9.56. The molecule has 0 saturated heterocycles. The number of fused-ring (bicyclic) bond motifs is 1. The number of hydrogen-bond donors (Lipinski definition) is 0. The number of esters is 1. The molecule has 0 aliphatic heterocycles. The third kappa shape index (κ3) is 4.17. The van der Waals surface area contributed by atoms with Crippen LogP contribution in [-0.2, 0) is 11.2 Å². The van der Waals surface area contributed by atoms with Gasteiger partial charge in [-0.15, -0.1) is 0 Å². The van der Waals surface area contributed by atoms with E-state index in [2.05, 4.69) is 18.2 Å². The van der Waals surface area contributed by atoms with Gasteiger partial charge in [0.05, 0.1) is 26.4 Å². The molecule has 0 aliphatic carbocycles. The van der Waals surface area contributed by atoms with Gasteiger partial charge in [0, 0.05) is 5.56 Å². The highest BCUT2D eigenvalue weighted by Crippen LogP contribution is 2.41. The number of carbonyl (C=O) groups is 1. The fourth-order valence-electron chi connectivity index (χ4n) is 4.08. The van der Waals surface area contributed by atoms with Gasteiger partial charge in [0.25, 0.3) is 0 Å². The SMILES string of the molecule is CCOC(=O)c1c(Cc2ccccc2)cc2cc(OC)c(OC)cc2c1-c1ccccc1. The Morgan fingerprint density at radius 1 is 0.812 bits per heavy atom. The summed E-state index contributed by atoms with van der Waals surface area (Å²) in [7, 11) is 3.24. The van der Waals surface area contributed by atoms with Crippen LogP contribution < -0.4 is 9.47 Å². The topological polar surface area (TPSA) is 44.8 Å². The monoisotopic (exact) mass is 426 g/mol. The Bertz CT molecular complexity index is 1230. The minimum absolute atomic E-state index is 0.307. The van der Waals surface area contributed by atoms with Crippen LogP contribution in [0.15, 0.2) is 78.9 Å². The fraction of sp³-hybridized carbons (Fsp3) is 0.179. The minimum atomic E-state index is -0.325. The number of methoxy groups -OCH3 is 2. The maximum atomic E-state index is 13.3. The number of rotatable bonds is 7. The fourth-order valence-corrected chi connectivity index (χ4v) is 4.08. The number of ether oxygens (including phenoxy) is 3. The standard InChI is InChI=1S/C28H26O4/c1-4-32-28(29)27-22(15-19-11-7-5-8-12-19)16-21-17-24(30-2)25(31-3)18-23(21)26(27)20-13-9-6-10-14-20/h5-14,16-18H,4,15H2,1-3H3. The lowest BCUT2D eigenvalue weighted by Crippen LogP contribution is -2.11. The van der Waals surface area contributed by atoms with Crippen LogP contribution in [0, 0.1) is 0 Å². The van der Waals surface area contributed by atoms with Gasteiger partial charge < -0.3 is 14.2 Å². The zero-order chi connectivity index (χ0) is 22.5. The molecule has 0 N–H and O–H groups in total. The van der Waals surface area contributed by atoms with E-state index in [-0.39, 0.29) is 5.97 Å². The first kappa shape index (κ1) is 21.4. The lowest BCUT2D eigenvalue weighted by atomic mass is 9.87. The van der Waals surface area contributed by atoms with Gasteiger partial charge >= 0.3 is 5.97 Å². The van der Waals surface area contributed by atoms with E-state index in [1.54, 1.807) is 14.2 Å². The molecule has 4 rings (SSSR count). The van der Waals surface area contributed by atoms with E-state index in [1.165, 1.54) is 0 Å². The molecule has 0 unspecified atom stereocenters. The molecule has 0 fully saturated rings. The summed E-state index contributed by atoms with van der Waals surface area (Å²) >= 11 is 0. The molecule has 0 bridgehead atoms. The molecule has 0 heterocycles. The molecular weight excluding hydrogens is 400 g/mol. The van der Waals surface area contributed by atoms with Crippen molar-refractivity contribution in [1.82, 2.24) is 0 Å². The largest absolute Gasteiger partial charge is 0.493 e. The molecule has 0 atom stereocenters. The second-order valence-electron chi connectivity index (χ2n) is 7.46. The Morgan fingerprint density at radius 3 is 2.06 bits per heavy atom. The molecule has 4 heteroatoms. The molecule has 162 valence electrons. The van der Waals surface area contributed by atoms with Crippen LogP contribution in [-0.4, -0.2) is 26.8 Å². The molecule has 0 saturated carbocycles. The number of carbonyl (C=O) groups excluding carboxylic acids is 1.